The summed E-state index contributed by atoms with van der Waals surface area (Å²) >= 11 is 6.39. The average molecular weight is 453 g/mol. The fourth-order valence-corrected chi connectivity index (χ4v) is 5.47. The fraction of sp³-hybridized carbons (Fsp3) is 0.440. The maximum Gasteiger partial charge on any atom is 0.248 e. The highest BCUT2D eigenvalue weighted by atomic mass is 35.5. The van der Waals surface area contributed by atoms with E-state index in [0.29, 0.717) is 17.7 Å². The number of pyridine rings is 1. The second kappa shape index (κ2) is 8.85. The van der Waals surface area contributed by atoms with Crippen LogP contribution in [0.15, 0.2) is 24.4 Å². The van der Waals surface area contributed by atoms with Gasteiger partial charge in [-0.15, -0.1) is 0 Å². The minimum Gasteiger partial charge on any atom is -0.375 e. The molecule has 0 radical (unpaired) electrons. The van der Waals surface area contributed by atoms with Crippen LogP contribution in [0.3, 0.4) is 0 Å². The third-order valence-electron chi connectivity index (χ3n) is 6.83. The molecule has 1 saturated heterocycles. The summed E-state index contributed by atoms with van der Waals surface area (Å²) in [5, 5.41) is 5.42. The molecule has 32 heavy (non-hydrogen) atoms. The van der Waals surface area contributed by atoms with Gasteiger partial charge in [0.1, 0.15) is 17.4 Å². The van der Waals surface area contributed by atoms with Crippen molar-refractivity contribution in [2.75, 3.05) is 26.8 Å². The Kier molecular flexibility index (Phi) is 5.93. The molecule has 0 unspecified atom stereocenters. The number of nitrogens with zero attached hydrogens (tertiary/aromatic N) is 2. The van der Waals surface area contributed by atoms with E-state index in [1.165, 1.54) is 28.7 Å². The molecule has 1 fully saturated rings. The lowest BCUT2D eigenvalue weighted by atomic mass is 9.87. The van der Waals surface area contributed by atoms with Gasteiger partial charge in [-0.2, -0.15) is 0 Å². The van der Waals surface area contributed by atoms with Gasteiger partial charge in [-0.1, -0.05) is 24.6 Å². The highest BCUT2D eigenvalue weighted by molar-refractivity contribution is 6.31. The predicted octanol–water partition coefficient (Wildman–Crippen LogP) is 4.40. The molecule has 0 bridgehead atoms. The summed E-state index contributed by atoms with van der Waals surface area (Å²) in [6.07, 6.45) is 5.93. The maximum atomic E-state index is 12.5. The molecule has 168 valence electrons. The van der Waals surface area contributed by atoms with Crippen LogP contribution in [0.4, 0.5) is 0 Å². The summed E-state index contributed by atoms with van der Waals surface area (Å²) in [7, 11) is 1.57. The number of fused-ring (bicyclic) bond motifs is 2. The van der Waals surface area contributed by atoms with E-state index in [2.05, 4.69) is 40.4 Å². The zero-order valence-corrected chi connectivity index (χ0v) is 19.4. The van der Waals surface area contributed by atoms with Gasteiger partial charge < -0.3 is 19.9 Å². The van der Waals surface area contributed by atoms with Crippen LogP contribution in [0.1, 0.15) is 48.1 Å². The molecule has 0 aliphatic carbocycles. The van der Waals surface area contributed by atoms with E-state index in [9.17, 15) is 4.79 Å². The van der Waals surface area contributed by atoms with Gasteiger partial charge in [-0.25, -0.2) is 4.98 Å². The van der Waals surface area contributed by atoms with E-state index in [1.807, 2.05) is 11.1 Å². The average Bonchev–Trinajstić information content (AvgIpc) is 3.44. The van der Waals surface area contributed by atoms with Crippen LogP contribution >= 0.6 is 11.6 Å². The van der Waals surface area contributed by atoms with Crippen molar-refractivity contribution in [1.29, 1.82) is 0 Å². The highest BCUT2D eigenvalue weighted by Crippen LogP contribution is 2.37. The Hall–Kier alpha value is -2.41. The van der Waals surface area contributed by atoms with Crippen molar-refractivity contribution in [3.63, 3.8) is 0 Å². The largest absolute Gasteiger partial charge is 0.375 e. The van der Waals surface area contributed by atoms with Crippen molar-refractivity contribution in [3.8, 4) is 11.1 Å². The van der Waals surface area contributed by atoms with Crippen LogP contribution in [0.25, 0.3) is 22.2 Å². The molecule has 2 aliphatic heterocycles. The number of aryl methyl sites for hydroxylation is 1. The van der Waals surface area contributed by atoms with Crippen LogP contribution in [0.5, 0.6) is 0 Å². The number of aromatic amines is 1. The topological polar surface area (TPSA) is 70.2 Å². The maximum absolute atomic E-state index is 12.5. The number of benzene rings is 1. The smallest absolute Gasteiger partial charge is 0.248 e. The van der Waals surface area contributed by atoms with Gasteiger partial charge in [0.15, 0.2) is 0 Å². The molecule has 2 aromatic heterocycles. The second-order valence-corrected chi connectivity index (χ2v) is 9.12. The third-order valence-corrected chi connectivity index (χ3v) is 7.15. The first-order chi connectivity index (χ1) is 15.6. The summed E-state index contributed by atoms with van der Waals surface area (Å²) in [5.74, 6) is 0.0543. The molecule has 6 nitrogen and oxygen atoms in total. The number of rotatable bonds is 5. The van der Waals surface area contributed by atoms with Crippen LogP contribution in [-0.2, 0) is 28.9 Å². The summed E-state index contributed by atoms with van der Waals surface area (Å²) in [6, 6.07) is 7.11. The number of nitrogens with one attached hydrogen (secondary N) is 2. The Balaban J connectivity index is 1.58. The number of hydrogen-bond acceptors (Lipinski definition) is 4. The Morgan fingerprint density at radius 3 is 2.94 bits per heavy atom. The van der Waals surface area contributed by atoms with Crippen molar-refractivity contribution >= 4 is 28.5 Å². The van der Waals surface area contributed by atoms with Crippen LogP contribution in [0.2, 0.25) is 5.15 Å². The minimum atomic E-state index is 0.0543. The van der Waals surface area contributed by atoms with Crippen molar-refractivity contribution in [2.45, 2.75) is 45.2 Å². The van der Waals surface area contributed by atoms with Gasteiger partial charge in [0, 0.05) is 43.4 Å². The zero-order chi connectivity index (χ0) is 22.2. The van der Waals surface area contributed by atoms with Crippen LogP contribution in [-0.4, -0.2) is 47.6 Å². The van der Waals surface area contributed by atoms with Crippen molar-refractivity contribution in [1.82, 2.24) is 20.2 Å². The lowest BCUT2D eigenvalue weighted by Crippen LogP contribution is -2.38. The van der Waals surface area contributed by atoms with Gasteiger partial charge in [0.2, 0.25) is 5.91 Å². The lowest BCUT2D eigenvalue weighted by molar-refractivity contribution is -0.136. The van der Waals surface area contributed by atoms with E-state index in [-0.39, 0.29) is 12.5 Å². The van der Waals surface area contributed by atoms with E-state index >= 15 is 0 Å². The van der Waals surface area contributed by atoms with Crippen LogP contribution < -0.4 is 5.32 Å². The Bertz CT molecular complexity index is 1170. The van der Waals surface area contributed by atoms with Gasteiger partial charge in [0.25, 0.3) is 0 Å². The van der Waals surface area contributed by atoms with Gasteiger partial charge >= 0.3 is 0 Å². The fourth-order valence-electron chi connectivity index (χ4n) is 5.15. The molecule has 5 rings (SSSR count). The molecule has 3 aromatic rings. The van der Waals surface area contributed by atoms with E-state index in [0.717, 1.165) is 54.5 Å². The van der Waals surface area contributed by atoms with Crippen LogP contribution in [0, 0.1) is 0 Å². The summed E-state index contributed by atoms with van der Waals surface area (Å²) < 4.78 is 5.09. The first kappa shape index (κ1) is 21.4. The Morgan fingerprint density at radius 2 is 2.19 bits per heavy atom. The molecule has 4 heterocycles. The third kappa shape index (κ3) is 3.81. The quantitative estimate of drug-likeness (QED) is 0.602. The highest BCUT2D eigenvalue weighted by Gasteiger charge is 2.28. The molecule has 1 aromatic carbocycles. The molecule has 0 saturated carbocycles. The van der Waals surface area contributed by atoms with Crippen molar-refractivity contribution in [2.24, 2.45) is 0 Å². The molecular weight excluding hydrogens is 424 g/mol. The number of hydrogen-bond donors (Lipinski definition) is 2. The van der Waals surface area contributed by atoms with Gasteiger partial charge in [0.05, 0.1) is 0 Å². The van der Waals surface area contributed by atoms with E-state index < -0.39 is 0 Å². The van der Waals surface area contributed by atoms with Crippen molar-refractivity contribution < 1.29 is 9.53 Å². The Morgan fingerprint density at radius 1 is 1.31 bits per heavy atom. The number of halogens is 1. The number of carbonyl (C=O) groups excluding carboxylic acids is 1. The monoisotopic (exact) mass is 452 g/mol. The van der Waals surface area contributed by atoms with E-state index in [1.54, 1.807) is 7.11 Å². The molecule has 2 N–H and O–H groups in total. The number of aromatic nitrogens is 2. The standard InChI is InChI=1S/C25H29ClN4O2/c1-3-18-20-11-17(12-28-25(20)29-24(18)26)16-9-15-6-8-30(23(31)14-32-2)13-21(15)19(10-16)22-5-4-7-27-22/h9-12,22,27H,3-8,13-14H2,1-2H3,(H,28,29)/t22-/m0/s1. The number of ether oxygens (including phenoxy) is 1. The summed E-state index contributed by atoms with van der Waals surface area (Å²) in [5.41, 5.74) is 8.15. The normalized spacial score (nSPS) is 18.3. The second-order valence-electron chi connectivity index (χ2n) is 8.74. The number of methoxy groups -OCH3 is 1. The number of amides is 1. The molecule has 7 heteroatoms. The Labute approximate surface area is 193 Å². The first-order valence-electron chi connectivity index (χ1n) is 11.4. The molecule has 1 atom stereocenters. The molecule has 2 aliphatic rings. The summed E-state index contributed by atoms with van der Waals surface area (Å²) in [4.78, 5) is 22.2. The predicted molar refractivity (Wildman–Crippen MR) is 127 cm³/mol. The number of carbonyl (C=O) groups is 1. The number of H-pyrrole nitrogens is 1. The van der Waals surface area contributed by atoms with Crippen molar-refractivity contribution in [3.05, 3.63) is 51.8 Å². The minimum absolute atomic E-state index is 0.0543. The lowest BCUT2D eigenvalue weighted by Gasteiger charge is -2.32. The first-order valence-corrected chi connectivity index (χ1v) is 11.8. The SMILES string of the molecule is CCc1c(Cl)[nH]c2ncc(-c3cc4c(c([C@@H]5CCCN5)c3)CN(C(=O)COC)CC4)cc12. The van der Waals surface area contributed by atoms with Gasteiger partial charge in [-0.05, 0) is 72.2 Å². The summed E-state index contributed by atoms with van der Waals surface area (Å²) in [6.45, 7) is 4.65. The van der Waals surface area contributed by atoms with E-state index in [4.69, 9.17) is 16.3 Å². The van der Waals surface area contributed by atoms with Gasteiger partial charge in [-0.3, -0.25) is 4.79 Å². The molecular formula is C25H29ClN4O2. The molecule has 0 spiro atoms. The zero-order valence-electron chi connectivity index (χ0n) is 18.6. The molecule has 1 amide bonds.